The minimum Gasteiger partial charge on any atom is -0.379 e. The van der Waals surface area contributed by atoms with Crippen LogP contribution in [-0.4, -0.2) is 61.1 Å². The molecule has 2 amide bonds. The normalized spacial score (nSPS) is 14.5. The van der Waals surface area contributed by atoms with E-state index in [4.69, 9.17) is 4.74 Å². The molecule has 0 spiro atoms. The molecular weight excluding hydrogens is 363 g/mol. The first-order chi connectivity index (χ1) is 13.6. The molecule has 0 bridgehead atoms. The van der Waals surface area contributed by atoms with E-state index in [9.17, 15) is 14.0 Å². The fourth-order valence-corrected chi connectivity index (χ4v) is 2.97. The van der Waals surface area contributed by atoms with Gasteiger partial charge in [-0.15, -0.1) is 0 Å². The number of benzene rings is 1. The van der Waals surface area contributed by atoms with Gasteiger partial charge in [0, 0.05) is 32.0 Å². The number of carbonyl (C=O) groups excluding carboxylic acids is 2. The number of hydrogen-bond donors (Lipinski definition) is 2. The van der Waals surface area contributed by atoms with E-state index >= 15 is 0 Å². The largest absolute Gasteiger partial charge is 0.379 e. The number of hydrogen-bond acceptors (Lipinski definition) is 5. The van der Waals surface area contributed by atoms with Crippen LogP contribution in [-0.2, 0) is 4.74 Å². The molecule has 2 aromatic rings. The van der Waals surface area contributed by atoms with Gasteiger partial charge in [-0.25, -0.2) is 4.39 Å². The average Bonchev–Trinajstić information content (AvgIpc) is 2.72. The number of ether oxygens (including phenoxy) is 1. The minimum atomic E-state index is -0.685. The van der Waals surface area contributed by atoms with Gasteiger partial charge in [0.05, 0.1) is 30.0 Å². The molecule has 2 heterocycles. The number of carbonyl (C=O) groups is 2. The SMILES string of the molecule is O=C(Nc1cccc(F)c1C(=O)NCCCN1CCOCC1)c1cccnc1. The number of nitrogens with zero attached hydrogens (tertiary/aromatic N) is 2. The smallest absolute Gasteiger partial charge is 0.257 e. The summed E-state index contributed by atoms with van der Waals surface area (Å²) in [5.74, 6) is -1.70. The Hall–Kier alpha value is -2.84. The van der Waals surface area contributed by atoms with Crippen molar-refractivity contribution in [2.45, 2.75) is 6.42 Å². The molecule has 3 rings (SSSR count). The molecule has 1 aromatic heterocycles. The van der Waals surface area contributed by atoms with Crippen molar-refractivity contribution >= 4 is 17.5 Å². The number of morpholine rings is 1. The van der Waals surface area contributed by atoms with Gasteiger partial charge in [-0.1, -0.05) is 6.07 Å². The molecule has 0 aliphatic carbocycles. The predicted molar refractivity (Wildman–Crippen MR) is 103 cm³/mol. The molecule has 0 unspecified atom stereocenters. The van der Waals surface area contributed by atoms with E-state index in [1.165, 1.54) is 24.4 Å². The van der Waals surface area contributed by atoms with Gasteiger partial charge in [0.1, 0.15) is 5.82 Å². The highest BCUT2D eigenvalue weighted by atomic mass is 19.1. The number of halogens is 1. The lowest BCUT2D eigenvalue weighted by Crippen LogP contribution is -2.38. The summed E-state index contributed by atoms with van der Waals surface area (Å²) in [6.45, 7) is 4.47. The molecule has 148 valence electrons. The van der Waals surface area contributed by atoms with Gasteiger partial charge in [-0.3, -0.25) is 19.5 Å². The first kappa shape index (κ1) is 19.9. The van der Waals surface area contributed by atoms with E-state index in [0.717, 1.165) is 39.3 Å². The molecule has 0 radical (unpaired) electrons. The molecular formula is C20H23FN4O3. The molecule has 0 atom stereocenters. The molecule has 8 heteroatoms. The van der Waals surface area contributed by atoms with Gasteiger partial charge in [0.2, 0.25) is 0 Å². The quantitative estimate of drug-likeness (QED) is 0.711. The first-order valence-electron chi connectivity index (χ1n) is 9.23. The second kappa shape index (κ2) is 9.91. The van der Waals surface area contributed by atoms with Gasteiger partial charge in [-0.05, 0) is 37.2 Å². The van der Waals surface area contributed by atoms with E-state index in [0.29, 0.717) is 12.1 Å². The van der Waals surface area contributed by atoms with E-state index < -0.39 is 17.6 Å². The zero-order valence-electron chi connectivity index (χ0n) is 15.5. The van der Waals surface area contributed by atoms with Crippen molar-refractivity contribution in [3.63, 3.8) is 0 Å². The lowest BCUT2D eigenvalue weighted by Gasteiger charge is -2.26. The lowest BCUT2D eigenvalue weighted by atomic mass is 10.1. The van der Waals surface area contributed by atoms with Crippen molar-refractivity contribution < 1.29 is 18.7 Å². The average molecular weight is 386 g/mol. The molecule has 1 fully saturated rings. The molecule has 7 nitrogen and oxygen atoms in total. The Bertz CT molecular complexity index is 810. The fraction of sp³-hybridized carbons (Fsp3) is 0.350. The van der Waals surface area contributed by atoms with Gasteiger partial charge < -0.3 is 15.4 Å². The highest BCUT2D eigenvalue weighted by Crippen LogP contribution is 2.20. The third-order valence-electron chi connectivity index (χ3n) is 4.45. The molecule has 1 aliphatic rings. The molecule has 2 N–H and O–H groups in total. The Kier molecular flexibility index (Phi) is 7.05. The van der Waals surface area contributed by atoms with Crippen LogP contribution in [0.5, 0.6) is 0 Å². The van der Waals surface area contributed by atoms with Crippen LogP contribution in [0.4, 0.5) is 10.1 Å². The van der Waals surface area contributed by atoms with E-state index in [2.05, 4.69) is 20.5 Å². The Morgan fingerprint density at radius 3 is 2.71 bits per heavy atom. The Morgan fingerprint density at radius 2 is 1.96 bits per heavy atom. The zero-order valence-corrected chi connectivity index (χ0v) is 15.5. The van der Waals surface area contributed by atoms with Crippen molar-refractivity contribution in [1.82, 2.24) is 15.2 Å². The highest BCUT2D eigenvalue weighted by Gasteiger charge is 2.19. The van der Waals surface area contributed by atoms with E-state index in [1.807, 2.05) is 0 Å². The number of pyridine rings is 1. The molecule has 1 aromatic carbocycles. The standard InChI is InChI=1S/C20H23FN4O3/c21-16-5-1-6-17(24-19(26)15-4-2-7-22-14-15)18(16)20(27)23-8-3-9-25-10-12-28-13-11-25/h1-2,4-7,14H,3,8-13H2,(H,23,27)(H,24,26). The van der Waals surface area contributed by atoms with E-state index in [-0.39, 0.29) is 11.3 Å². The summed E-state index contributed by atoms with van der Waals surface area (Å²) in [4.78, 5) is 31.0. The van der Waals surface area contributed by atoms with Crippen molar-refractivity contribution in [2.24, 2.45) is 0 Å². The highest BCUT2D eigenvalue weighted by molar-refractivity contribution is 6.08. The van der Waals surface area contributed by atoms with Gasteiger partial charge in [-0.2, -0.15) is 0 Å². The van der Waals surface area contributed by atoms with Crippen molar-refractivity contribution in [3.05, 3.63) is 59.7 Å². The molecule has 0 saturated carbocycles. The van der Waals surface area contributed by atoms with Crippen molar-refractivity contribution in [1.29, 1.82) is 0 Å². The summed E-state index contributed by atoms with van der Waals surface area (Å²) in [6.07, 6.45) is 3.70. The maximum Gasteiger partial charge on any atom is 0.257 e. The Balaban J connectivity index is 1.59. The molecule has 28 heavy (non-hydrogen) atoms. The summed E-state index contributed by atoms with van der Waals surface area (Å²) in [6, 6.07) is 7.36. The van der Waals surface area contributed by atoms with Crippen LogP contribution >= 0.6 is 0 Å². The lowest BCUT2D eigenvalue weighted by molar-refractivity contribution is 0.0374. The van der Waals surface area contributed by atoms with Crippen molar-refractivity contribution in [3.8, 4) is 0 Å². The Labute approximate surface area is 162 Å². The number of rotatable bonds is 7. The van der Waals surface area contributed by atoms with Crippen LogP contribution < -0.4 is 10.6 Å². The zero-order chi connectivity index (χ0) is 19.8. The van der Waals surface area contributed by atoms with Crippen LogP contribution in [0.3, 0.4) is 0 Å². The maximum absolute atomic E-state index is 14.3. The summed E-state index contributed by atoms with van der Waals surface area (Å²) in [5.41, 5.74) is 0.272. The van der Waals surface area contributed by atoms with Gasteiger partial charge >= 0.3 is 0 Å². The van der Waals surface area contributed by atoms with Crippen LogP contribution in [0.1, 0.15) is 27.1 Å². The van der Waals surface area contributed by atoms with Crippen molar-refractivity contribution in [2.75, 3.05) is 44.7 Å². The minimum absolute atomic E-state index is 0.125. The third kappa shape index (κ3) is 5.34. The van der Waals surface area contributed by atoms with Crippen LogP contribution in [0.2, 0.25) is 0 Å². The summed E-state index contributed by atoms with van der Waals surface area (Å²) < 4.78 is 19.6. The second-order valence-corrected chi connectivity index (χ2v) is 6.42. The number of anilines is 1. The van der Waals surface area contributed by atoms with Crippen LogP contribution in [0.15, 0.2) is 42.7 Å². The number of amides is 2. The molecule has 1 aliphatic heterocycles. The van der Waals surface area contributed by atoms with Gasteiger partial charge in [0.15, 0.2) is 0 Å². The number of nitrogens with one attached hydrogen (secondary N) is 2. The fourth-order valence-electron chi connectivity index (χ4n) is 2.97. The predicted octanol–water partition coefficient (Wildman–Crippen LogP) is 1.93. The maximum atomic E-state index is 14.3. The third-order valence-corrected chi connectivity index (χ3v) is 4.45. The van der Waals surface area contributed by atoms with Gasteiger partial charge in [0.25, 0.3) is 11.8 Å². The summed E-state index contributed by atoms with van der Waals surface area (Å²) in [7, 11) is 0. The Morgan fingerprint density at radius 1 is 1.14 bits per heavy atom. The molecule has 1 saturated heterocycles. The number of aromatic nitrogens is 1. The second-order valence-electron chi connectivity index (χ2n) is 6.42. The summed E-state index contributed by atoms with van der Waals surface area (Å²) >= 11 is 0. The first-order valence-corrected chi connectivity index (χ1v) is 9.23. The topological polar surface area (TPSA) is 83.6 Å². The van der Waals surface area contributed by atoms with Crippen LogP contribution in [0, 0.1) is 5.82 Å². The monoisotopic (exact) mass is 386 g/mol. The van der Waals surface area contributed by atoms with Crippen LogP contribution in [0.25, 0.3) is 0 Å². The summed E-state index contributed by atoms with van der Waals surface area (Å²) in [5, 5.41) is 5.32. The van der Waals surface area contributed by atoms with E-state index in [1.54, 1.807) is 18.3 Å².